The zero-order valence-electron chi connectivity index (χ0n) is 15.3. The SMILES string of the molecule is Cc1nc(N2CCN(c3ccc(C#N)cn3)CC2)cc(C(C)(C)C)n1. The molecule has 0 aromatic carbocycles. The molecule has 1 fully saturated rings. The van der Waals surface area contributed by atoms with Gasteiger partial charge in [-0.2, -0.15) is 5.26 Å². The summed E-state index contributed by atoms with van der Waals surface area (Å²) in [7, 11) is 0. The largest absolute Gasteiger partial charge is 0.353 e. The lowest BCUT2D eigenvalue weighted by Crippen LogP contribution is -2.47. The number of hydrogen-bond acceptors (Lipinski definition) is 6. The van der Waals surface area contributed by atoms with Crippen molar-refractivity contribution in [3.05, 3.63) is 41.5 Å². The Labute approximate surface area is 149 Å². The molecule has 0 amide bonds. The first-order chi connectivity index (χ1) is 11.9. The summed E-state index contributed by atoms with van der Waals surface area (Å²) >= 11 is 0. The summed E-state index contributed by atoms with van der Waals surface area (Å²) in [6.45, 7) is 12.0. The maximum Gasteiger partial charge on any atom is 0.132 e. The maximum absolute atomic E-state index is 8.88. The Morgan fingerprint density at radius 3 is 2.16 bits per heavy atom. The fourth-order valence-corrected chi connectivity index (χ4v) is 2.90. The van der Waals surface area contributed by atoms with E-state index in [1.807, 2.05) is 19.1 Å². The Hall–Kier alpha value is -2.68. The summed E-state index contributed by atoms with van der Waals surface area (Å²) in [5.74, 6) is 2.75. The summed E-state index contributed by atoms with van der Waals surface area (Å²) in [6, 6.07) is 7.95. The molecule has 0 spiro atoms. The number of aromatic nitrogens is 3. The highest BCUT2D eigenvalue weighted by Gasteiger charge is 2.22. The number of nitrogens with zero attached hydrogens (tertiary/aromatic N) is 6. The molecule has 2 aromatic heterocycles. The number of anilines is 2. The summed E-state index contributed by atoms with van der Waals surface area (Å²) in [5, 5.41) is 8.88. The van der Waals surface area contributed by atoms with Gasteiger partial charge in [-0.25, -0.2) is 15.0 Å². The quantitative estimate of drug-likeness (QED) is 0.840. The molecule has 0 N–H and O–H groups in total. The molecule has 6 heteroatoms. The van der Waals surface area contributed by atoms with Crippen LogP contribution in [-0.2, 0) is 5.41 Å². The van der Waals surface area contributed by atoms with Gasteiger partial charge in [0.25, 0.3) is 0 Å². The van der Waals surface area contributed by atoms with Crippen LogP contribution in [-0.4, -0.2) is 41.1 Å². The second-order valence-corrected chi connectivity index (χ2v) is 7.40. The molecule has 6 nitrogen and oxygen atoms in total. The molecule has 0 bridgehead atoms. The van der Waals surface area contributed by atoms with Crippen LogP contribution in [0.2, 0.25) is 0 Å². The van der Waals surface area contributed by atoms with Crippen LogP contribution in [0.4, 0.5) is 11.6 Å². The van der Waals surface area contributed by atoms with Gasteiger partial charge in [-0.1, -0.05) is 20.8 Å². The fraction of sp³-hybridized carbons (Fsp3) is 0.474. The lowest BCUT2D eigenvalue weighted by molar-refractivity contribution is 0.561. The van der Waals surface area contributed by atoms with Gasteiger partial charge in [-0.15, -0.1) is 0 Å². The summed E-state index contributed by atoms with van der Waals surface area (Å²) in [5.41, 5.74) is 1.68. The van der Waals surface area contributed by atoms with Gasteiger partial charge in [0.2, 0.25) is 0 Å². The fourth-order valence-electron chi connectivity index (χ4n) is 2.90. The second-order valence-electron chi connectivity index (χ2n) is 7.40. The van der Waals surface area contributed by atoms with Crippen LogP contribution in [0.3, 0.4) is 0 Å². The molecule has 0 radical (unpaired) electrons. The third-order valence-corrected chi connectivity index (χ3v) is 4.40. The molecule has 0 aliphatic carbocycles. The molecular formula is C19H24N6. The van der Waals surface area contributed by atoms with Crippen molar-refractivity contribution in [1.29, 1.82) is 5.26 Å². The number of rotatable bonds is 2. The lowest BCUT2D eigenvalue weighted by atomic mass is 9.92. The summed E-state index contributed by atoms with van der Waals surface area (Å²) < 4.78 is 0. The monoisotopic (exact) mass is 336 g/mol. The van der Waals surface area contributed by atoms with Gasteiger partial charge in [0.05, 0.1) is 11.3 Å². The number of piperazine rings is 1. The van der Waals surface area contributed by atoms with Crippen molar-refractivity contribution in [2.45, 2.75) is 33.1 Å². The molecular weight excluding hydrogens is 312 g/mol. The van der Waals surface area contributed by atoms with Crippen LogP contribution in [0.15, 0.2) is 24.4 Å². The molecule has 1 saturated heterocycles. The van der Waals surface area contributed by atoms with Crippen molar-refractivity contribution in [3.8, 4) is 6.07 Å². The van der Waals surface area contributed by atoms with Crippen LogP contribution < -0.4 is 9.80 Å². The van der Waals surface area contributed by atoms with Crippen LogP contribution in [0.1, 0.15) is 37.9 Å². The Balaban J connectivity index is 1.72. The minimum absolute atomic E-state index is 0.0106. The van der Waals surface area contributed by atoms with E-state index in [4.69, 9.17) is 5.26 Å². The van der Waals surface area contributed by atoms with Gasteiger partial charge < -0.3 is 9.80 Å². The first kappa shape index (κ1) is 17.2. The van der Waals surface area contributed by atoms with E-state index >= 15 is 0 Å². The molecule has 3 heterocycles. The third-order valence-electron chi connectivity index (χ3n) is 4.40. The van der Waals surface area contributed by atoms with Gasteiger partial charge in [0, 0.05) is 43.9 Å². The molecule has 1 aliphatic heterocycles. The van der Waals surface area contributed by atoms with E-state index in [-0.39, 0.29) is 5.41 Å². The van der Waals surface area contributed by atoms with E-state index < -0.39 is 0 Å². The van der Waals surface area contributed by atoms with Crippen molar-refractivity contribution >= 4 is 11.6 Å². The van der Waals surface area contributed by atoms with Crippen molar-refractivity contribution in [1.82, 2.24) is 15.0 Å². The van der Waals surface area contributed by atoms with Gasteiger partial charge in [0.15, 0.2) is 0 Å². The smallest absolute Gasteiger partial charge is 0.132 e. The second kappa shape index (κ2) is 6.67. The topological polar surface area (TPSA) is 68.9 Å². The normalized spacial score (nSPS) is 15.2. The van der Waals surface area contributed by atoms with E-state index in [1.54, 1.807) is 6.20 Å². The number of pyridine rings is 1. The predicted octanol–water partition coefficient (Wildman–Crippen LogP) is 2.68. The molecule has 1 aliphatic rings. The number of aryl methyl sites for hydroxylation is 1. The summed E-state index contributed by atoms with van der Waals surface area (Å²) in [4.78, 5) is 18.2. The Kier molecular flexibility index (Phi) is 4.58. The zero-order valence-corrected chi connectivity index (χ0v) is 15.3. The van der Waals surface area contributed by atoms with Gasteiger partial charge in [0.1, 0.15) is 23.5 Å². The van der Waals surface area contributed by atoms with Crippen LogP contribution in [0, 0.1) is 18.3 Å². The first-order valence-electron chi connectivity index (χ1n) is 8.59. The summed E-state index contributed by atoms with van der Waals surface area (Å²) in [6.07, 6.45) is 1.63. The van der Waals surface area contributed by atoms with E-state index in [1.165, 1.54) is 0 Å². The van der Waals surface area contributed by atoms with E-state index in [2.05, 4.69) is 57.7 Å². The van der Waals surface area contributed by atoms with Gasteiger partial charge >= 0.3 is 0 Å². The zero-order chi connectivity index (χ0) is 18.0. The van der Waals surface area contributed by atoms with Crippen LogP contribution in [0.25, 0.3) is 0 Å². The highest BCUT2D eigenvalue weighted by Crippen LogP contribution is 2.25. The standard InChI is InChI=1S/C19H24N6/c1-14-22-16(19(2,3)4)11-18(23-14)25-9-7-24(8-10-25)17-6-5-15(12-20)13-21-17/h5-6,11,13H,7-10H2,1-4H3. The lowest BCUT2D eigenvalue weighted by Gasteiger charge is -2.36. The third kappa shape index (κ3) is 3.87. The average molecular weight is 336 g/mol. The predicted molar refractivity (Wildman–Crippen MR) is 98.8 cm³/mol. The van der Waals surface area contributed by atoms with E-state index in [0.717, 1.165) is 49.3 Å². The van der Waals surface area contributed by atoms with Crippen molar-refractivity contribution in [3.63, 3.8) is 0 Å². The molecule has 25 heavy (non-hydrogen) atoms. The molecule has 2 aromatic rings. The average Bonchev–Trinajstić information content (AvgIpc) is 2.61. The molecule has 0 unspecified atom stereocenters. The molecule has 0 atom stereocenters. The van der Waals surface area contributed by atoms with Crippen LogP contribution in [0.5, 0.6) is 0 Å². The van der Waals surface area contributed by atoms with Crippen molar-refractivity contribution in [2.24, 2.45) is 0 Å². The minimum atomic E-state index is 0.0106. The number of hydrogen-bond donors (Lipinski definition) is 0. The van der Waals surface area contributed by atoms with Gasteiger partial charge in [-0.3, -0.25) is 0 Å². The highest BCUT2D eigenvalue weighted by atomic mass is 15.3. The molecule has 0 saturated carbocycles. The van der Waals surface area contributed by atoms with Crippen molar-refractivity contribution in [2.75, 3.05) is 36.0 Å². The van der Waals surface area contributed by atoms with E-state index in [9.17, 15) is 0 Å². The van der Waals surface area contributed by atoms with Crippen LogP contribution >= 0.6 is 0 Å². The molecule has 130 valence electrons. The van der Waals surface area contributed by atoms with Crippen molar-refractivity contribution < 1.29 is 0 Å². The minimum Gasteiger partial charge on any atom is -0.353 e. The van der Waals surface area contributed by atoms with Gasteiger partial charge in [-0.05, 0) is 19.1 Å². The highest BCUT2D eigenvalue weighted by molar-refractivity contribution is 5.47. The van der Waals surface area contributed by atoms with E-state index in [0.29, 0.717) is 5.56 Å². The molecule has 3 rings (SSSR count). The Bertz CT molecular complexity index is 777. The Morgan fingerprint density at radius 2 is 1.64 bits per heavy atom. The number of nitriles is 1. The maximum atomic E-state index is 8.88. The first-order valence-corrected chi connectivity index (χ1v) is 8.59. The Morgan fingerprint density at radius 1 is 1.00 bits per heavy atom.